The van der Waals surface area contributed by atoms with Crippen molar-refractivity contribution in [2.75, 3.05) is 11.9 Å². The van der Waals surface area contributed by atoms with Gasteiger partial charge in [0.2, 0.25) is 12.1 Å². The van der Waals surface area contributed by atoms with Gasteiger partial charge in [0.1, 0.15) is 0 Å². The highest BCUT2D eigenvalue weighted by atomic mass is 16.6. The van der Waals surface area contributed by atoms with Crippen LogP contribution in [-0.4, -0.2) is 30.6 Å². The van der Waals surface area contributed by atoms with Gasteiger partial charge in [0.05, 0.1) is 6.33 Å². The summed E-state index contributed by atoms with van der Waals surface area (Å²) in [5.41, 5.74) is 0. The van der Waals surface area contributed by atoms with Gasteiger partial charge in [-0.3, -0.25) is 4.57 Å². The van der Waals surface area contributed by atoms with Gasteiger partial charge in [-0.25, -0.2) is 4.98 Å². The number of nitrogens with one attached hydrogen (secondary N) is 1. The molecular weight excluding hydrogens is 224 g/mol. The van der Waals surface area contributed by atoms with Crippen LogP contribution in [0, 0.1) is 10.1 Å². The Labute approximate surface area is 97.1 Å². The molecule has 0 saturated carbocycles. The topological polar surface area (TPSA) is 90.8 Å². The summed E-state index contributed by atoms with van der Waals surface area (Å²) in [4.78, 5) is 17.8. The molecule has 0 aromatic carbocycles. The fourth-order valence-corrected chi connectivity index (χ4v) is 1.48. The molecule has 8 heteroatoms. The van der Waals surface area contributed by atoms with Gasteiger partial charge in [0.15, 0.2) is 0 Å². The van der Waals surface area contributed by atoms with Crippen molar-refractivity contribution in [2.45, 2.75) is 6.54 Å². The monoisotopic (exact) mass is 236 g/mol. The number of nitrogens with zero attached hydrogens (tertiary/aromatic N) is 5. The second kappa shape index (κ2) is 4.64. The van der Waals surface area contributed by atoms with E-state index in [0.717, 1.165) is 0 Å². The van der Waals surface area contributed by atoms with E-state index in [1.807, 2.05) is 10.8 Å². The lowest BCUT2D eigenvalue weighted by molar-refractivity contribution is -0.388. The first-order chi connectivity index (χ1) is 8.18. The molecule has 0 unspecified atom stereocenters. The average molecular weight is 236 g/mol. The lowest BCUT2D eigenvalue weighted by atomic mass is 10.5. The van der Waals surface area contributed by atoms with Crippen LogP contribution in [0.5, 0.6) is 0 Å². The van der Waals surface area contributed by atoms with Crippen molar-refractivity contribution < 1.29 is 4.92 Å². The van der Waals surface area contributed by atoms with Crippen molar-refractivity contribution in [3.63, 3.8) is 0 Å². The lowest BCUT2D eigenvalue weighted by Crippen LogP contribution is -2.12. The maximum absolute atomic E-state index is 10.7. The van der Waals surface area contributed by atoms with Gasteiger partial charge in [-0.1, -0.05) is 0 Å². The van der Waals surface area contributed by atoms with E-state index in [4.69, 9.17) is 0 Å². The number of imidazole rings is 2. The molecule has 90 valence electrons. The molecule has 0 atom stereocenters. The zero-order chi connectivity index (χ0) is 12.3. The first kappa shape index (κ1) is 11.1. The molecule has 2 heterocycles. The first-order valence-corrected chi connectivity index (χ1v) is 5.04. The van der Waals surface area contributed by atoms with E-state index in [0.29, 0.717) is 18.9 Å². The molecule has 0 radical (unpaired) electrons. The Morgan fingerprint density at radius 1 is 1.53 bits per heavy atom. The Morgan fingerprint density at radius 2 is 2.35 bits per heavy atom. The second-order valence-electron chi connectivity index (χ2n) is 3.51. The Morgan fingerprint density at radius 3 is 3.00 bits per heavy atom. The van der Waals surface area contributed by atoms with Gasteiger partial charge in [0.25, 0.3) is 0 Å². The van der Waals surface area contributed by atoms with Crippen molar-refractivity contribution in [3.8, 4) is 0 Å². The zero-order valence-corrected chi connectivity index (χ0v) is 9.28. The Balaban J connectivity index is 1.99. The summed E-state index contributed by atoms with van der Waals surface area (Å²) < 4.78 is 3.47. The van der Waals surface area contributed by atoms with Crippen LogP contribution in [0.4, 0.5) is 11.6 Å². The molecular formula is C9H12N6O2. The van der Waals surface area contributed by atoms with E-state index >= 15 is 0 Å². The van der Waals surface area contributed by atoms with Crippen LogP contribution in [0.2, 0.25) is 0 Å². The molecule has 8 nitrogen and oxygen atoms in total. The van der Waals surface area contributed by atoms with Crippen molar-refractivity contribution >= 4 is 11.6 Å². The predicted octanol–water partition coefficient (Wildman–Crippen LogP) is 0.637. The largest absolute Gasteiger partial charge is 0.406 e. The van der Waals surface area contributed by atoms with Gasteiger partial charge in [-0.2, -0.15) is 0 Å². The summed E-state index contributed by atoms with van der Waals surface area (Å²) in [6.07, 6.45) is 6.63. The number of aryl methyl sites for hydroxylation is 1. The van der Waals surface area contributed by atoms with E-state index in [2.05, 4.69) is 15.3 Å². The molecule has 2 rings (SSSR count). The van der Waals surface area contributed by atoms with E-state index < -0.39 is 4.92 Å². The minimum atomic E-state index is -0.500. The van der Waals surface area contributed by atoms with Crippen LogP contribution in [0.15, 0.2) is 25.0 Å². The molecule has 0 aliphatic rings. The van der Waals surface area contributed by atoms with E-state index in [1.165, 1.54) is 6.33 Å². The Kier molecular flexibility index (Phi) is 3.03. The number of hydrogen-bond donors (Lipinski definition) is 1. The minimum Gasteiger partial charge on any atom is -0.362 e. The first-order valence-electron chi connectivity index (χ1n) is 5.04. The van der Waals surface area contributed by atoms with Gasteiger partial charge >= 0.3 is 5.82 Å². The molecule has 0 bridgehead atoms. The van der Waals surface area contributed by atoms with Crippen LogP contribution >= 0.6 is 0 Å². The number of hydrogen-bond acceptors (Lipinski definition) is 5. The molecule has 0 fully saturated rings. The third-order valence-corrected chi connectivity index (χ3v) is 2.31. The second-order valence-corrected chi connectivity index (χ2v) is 3.51. The van der Waals surface area contributed by atoms with Crippen LogP contribution < -0.4 is 5.32 Å². The molecule has 0 spiro atoms. The quantitative estimate of drug-likeness (QED) is 0.607. The summed E-state index contributed by atoms with van der Waals surface area (Å²) in [6, 6.07) is 0. The molecule has 0 aliphatic heterocycles. The highest BCUT2D eigenvalue weighted by Crippen LogP contribution is 2.20. The average Bonchev–Trinajstić information content (AvgIpc) is 2.89. The van der Waals surface area contributed by atoms with Crippen molar-refractivity contribution in [2.24, 2.45) is 7.05 Å². The van der Waals surface area contributed by atoms with Crippen molar-refractivity contribution in [1.29, 1.82) is 0 Å². The molecule has 0 aliphatic carbocycles. The molecule has 0 saturated heterocycles. The van der Waals surface area contributed by atoms with E-state index in [1.54, 1.807) is 24.1 Å². The van der Waals surface area contributed by atoms with Crippen molar-refractivity contribution in [1.82, 2.24) is 19.1 Å². The fourth-order valence-electron chi connectivity index (χ4n) is 1.48. The van der Waals surface area contributed by atoms with Crippen LogP contribution in [0.3, 0.4) is 0 Å². The predicted molar refractivity (Wildman–Crippen MR) is 60.6 cm³/mol. The van der Waals surface area contributed by atoms with Gasteiger partial charge in [-0.05, 0) is 9.91 Å². The van der Waals surface area contributed by atoms with Crippen LogP contribution in [0.25, 0.3) is 0 Å². The number of rotatable bonds is 5. The molecule has 0 amide bonds. The molecule has 2 aromatic heterocycles. The van der Waals surface area contributed by atoms with E-state index in [-0.39, 0.29) is 5.82 Å². The SMILES string of the molecule is Cn1cnc([N+](=O)[O-])c1NCCn1ccnc1. The smallest absolute Gasteiger partial charge is 0.362 e. The normalized spacial score (nSPS) is 10.4. The number of nitro groups is 1. The third-order valence-electron chi connectivity index (χ3n) is 2.31. The summed E-state index contributed by atoms with van der Waals surface area (Å²) >= 11 is 0. The Hall–Kier alpha value is -2.38. The molecule has 17 heavy (non-hydrogen) atoms. The molecule has 2 aromatic rings. The lowest BCUT2D eigenvalue weighted by Gasteiger charge is -2.06. The zero-order valence-electron chi connectivity index (χ0n) is 9.28. The summed E-state index contributed by atoms with van der Waals surface area (Å²) in [7, 11) is 1.71. The highest BCUT2D eigenvalue weighted by Gasteiger charge is 2.19. The standard InChI is InChI=1S/C9H12N6O2/c1-13-7-12-9(15(16)17)8(13)11-3-5-14-4-2-10-6-14/h2,4,6-7,11H,3,5H2,1H3. The van der Waals surface area contributed by atoms with Gasteiger partial charge < -0.3 is 20.0 Å². The minimum absolute atomic E-state index is 0.155. The number of aromatic nitrogens is 4. The maximum Gasteiger partial charge on any atom is 0.406 e. The summed E-state index contributed by atoms with van der Waals surface area (Å²) in [6.45, 7) is 1.25. The van der Waals surface area contributed by atoms with Gasteiger partial charge in [0, 0.05) is 32.5 Å². The van der Waals surface area contributed by atoms with Crippen LogP contribution in [-0.2, 0) is 13.6 Å². The van der Waals surface area contributed by atoms with E-state index in [9.17, 15) is 10.1 Å². The van der Waals surface area contributed by atoms with Crippen molar-refractivity contribution in [3.05, 3.63) is 35.2 Å². The third kappa shape index (κ3) is 2.41. The summed E-state index contributed by atoms with van der Waals surface area (Å²) in [5, 5.41) is 13.7. The fraction of sp³-hybridized carbons (Fsp3) is 0.333. The summed E-state index contributed by atoms with van der Waals surface area (Å²) in [5.74, 6) is 0.258. The van der Waals surface area contributed by atoms with Crippen LogP contribution in [0.1, 0.15) is 0 Å². The maximum atomic E-state index is 10.7. The van der Waals surface area contributed by atoms with Gasteiger partial charge in [-0.15, -0.1) is 0 Å². The Bertz CT molecular complexity index is 504. The molecule has 1 N–H and O–H groups in total. The number of anilines is 1. The highest BCUT2D eigenvalue weighted by molar-refractivity contribution is 5.51.